The maximum atomic E-state index is 7.95. The first-order valence-electron chi connectivity index (χ1n) is 1.93. The van der Waals surface area contributed by atoms with E-state index in [4.69, 9.17) is 5.11 Å². The number of aliphatic hydroxyl groups excluding tert-OH is 1. The molecule has 0 bridgehead atoms. The molecule has 1 N–H and O–H groups in total. The van der Waals surface area contributed by atoms with Gasteiger partial charge in [-0.15, -0.1) is 0 Å². The van der Waals surface area contributed by atoms with E-state index < -0.39 is 0 Å². The zero-order chi connectivity index (χ0) is 5.54. The van der Waals surface area contributed by atoms with Crippen molar-refractivity contribution >= 4 is 0 Å². The Balaban J connectivity index is 2.82. The van der Waals surface area contributed by atoms with Crippen LogP contribution in [0.25, 0.3) is 0 Å². The quantitative estimate of drug-likeness (QED) is 0.328. The first-order valence-corrected chi connectivity index (χ1v) is 1.93. The van der Waals surface area contributed by atoms with Gasteiger partial charge in [-0.3, -0.25) is 0 Å². The Bertz CT molecular complexity index is 66.5. The van der Waals surface area contributed by atoms with Crippen LogP contribution < -0.4 is 0 Å². The van der Waals surface area contributed by atoms with Gasteiger partial charge in [0.25, 0.3) is 0 Å². The summed E-state index contributed by atoms with van der Waals surface area (Å²) in [5.41, 5.74) is 0. The molecule has 0 fully saturated rings. The van der Waals surface area contributed by atoms with Crippen molar-refractivity contribution in [2.75, 3.05) is 6.61 Å². The molecule has 0 saturated heterocycles. The highest BCUT2D eigenvalue weighted by Crippen LogP contribution is 1.73. The van der Waals surface area contributed by atoms with Crippen LogP contribution in [-0.4, -0.2) is 11.7 Å². The third-order valence-electron chi connectivity index (χ3n) is 0.371. The van der Waals surface area contributed by atoms with E-state index in [0.717, 1.165) is 6.26 Å². The van der Waals surface area contributed by atoms with E-state index in [1.165, 1.54) is 6.26 Å². The lowest BCUT2D eigenvalue weighted by Gasteiger charge is -1.87. The summed E-state index contributed by atoms with van der Waals surface area (Å²) in [7, 11) is 0. The summed E-state index contributed by atoms with van der Waals surface area (Å²) in [5, 5.41) is 7.95. The Morgan fingerprint density at radius 2 is 2.43 bits per heavy atom. The van der Waals surface area contributed by atoms with Crippen LogP contribution in [0, 0.1) is 0 Å². The monoisotopic (exact) mass is 100 g/mol. The average Bonchev–Trinajstić information content (AvgIpc) is 1.69. The molecule has 0 radical (unpaired) electrons. The van der Waals surface area contributed by atoms with Crippen molar-refractivity contribution < 1.29 is 9.84 Å². The van der Waals surface area contributed by atoms with Crippen molar-refractivity contribution in [2.24, 2.45) is 0 Å². The smallest absolute Gasteiger partial charge is 0.118 e. The Morgan fingerprint density at radius 3 is 2.86 bits per heavy atom. The van der Waals surface area contributed by atoms with Crippen molar-refractivity contribution in [3.05, 3.63) is 25.2 Å². The lowest BCUT2D eigenvalue weighted by Crippen LogP contribution is -1.77. The fraction of sp³-hybridized carbons (Fsp3) is 0.200. The van der Waals surface area contributed by atoms with Gasteiger partial charge >= 0.3 is 0 Å². The lowest BCUT2D eigenvalue weighted by molar-refractivity contribution is 0.275. The van der Waals surface area contributed by atoms with Crippen LogP contribution in [0.4, 0.5) is 0 Å². The highest BCUT2D eigenvalue weighted by Gasteiger charge is 1.65. The van der Waals surface area contributed by atoms with E-state index in [1.807, 2.05) is 0 Å². The second-order valence-electron chi connectivity index (χ2n) is 0.907. The number of aliphatic hydroxyl groups is 1. The predicted octanol–water partition coefficient (Wildman–Crippen LogP) is 1.22. The standard InChI is InChI=1S/C5H8O2/c1-2-4-7-5-3-6/h2-3,5-6H,1,4H2/b5-3+. The fourth-order valence-corrected chi connectivity index (χ4v) is 0.167. The predicted molar refractivity (Wildman–Crippen MR) is 27.9 cm³/mol. The van der Waals surface area contributed by atoms with E-state index in [9.17, 15) is 0 Å². The highest BCUT2D eigenvalue weighted by molar-refractivity contribution is 4.67. The maximum Gasteiger partial charge on any atom is 0.118 e. The number of ether oxygens (including phenoxy) is 1. The molecule has 0 aromatic carbocycles. The van der Waals surface area contributed by atoms with Gasteiger partial charge in [0.1, 0.15) is 19.1 Å². The molecule has 0 aliphatic carbocycles. The Hall–Kier alpha value is -0.920. The molecule has 0 saturated carbocycles. The van der Waals surface area contributed by atoms with Crippen LogP contribution in [-0.2, 0) is 4.74 Å². The molecule has 2 nitrogen and oxygen atoms in total. The third kappa shape index (κ3) is 5.08. The van der Waals surface area contributed by atoms with Crippen LogP contribution in [0.1, 0.15) is 0 Å². The summed E-state index contributed by atoms with van der Waals surface area (Å²) in [6, 6.07) is 0. The molecule has 2 heteroatoms. The molecule has 0 aromatic rings. The van der Waals surface area contributed by atoms with Gasteiger partial charge in [0, 0.05) is 0 Å². The first kappa shape index (κ1) is 6.08. The average molecular weight is 100 g/mol. The molecule has 0 unspecified atom stereocenters. The molecule has 0 heterocycles. The Morgan fingerprint density at radius 1 is 1.71 bits per heavy atom. The minimum absolute atomic E-state index is 0.442. The van der Waals surface area contributed by atoms with Crippen LogP contribution >= 0.6 is 0 Å². The van der Waals surface area contributed by atoms with Gasteiger partial charge in [-0.25, -0.2) is 0 Å². The minimum atomic E-state index is 0.442. The van der Waals surface area contributed by atoms with Crippen molar-refractivity contribution in [1.82, 2.24) is 0 Å². The van der Waals surface area contributed by atoms with Gasteiger partial charge in [0.15, 0.2) is 0 Å². The van der Waals surface area contributed by atoms with Crippen LogP contribution in [0.2, 0.25) is 0 Å². The number of hydrogen-bond donors (Lipinski definition) is 1. The van der Waals surface area contributed by atoms with E-state index in [0.29, 0.717) is 6.61 Å². The van der Waals surface area contributed by atoms with Gasteiger partial charge in [0.05, 0.1) is 0 Å². The summed E-state index contributed by atoms with van der Waals surface area (Å²) in [6.07, 6.45) is 3.63. The third-order valence-corrected chi connectivity index (χ3v) is 0.371. The molecule has 0 rings (SSSR count). The fourth-order valence-electron chi connectivity index (χ4n) is 0.167. The molecular formula is C5H8O2. The molecule has 0 spiro atoms. The zero-order valence-electron chi connectivity index (χ0n) is 4.00. The van der Waals surface area contributed by atoms with E-state index >= 15 is 0 Å². The van der Waals surface area contributed by atoms with Crippen LogP contribution in [0.5, 0.6) is 0 Å². The molecule has 0 aliphatic rings. The first-order chi connectivity index (χ1) is 3.41. The summed E-state index contributed by atoms with van der Waals surface area (Å²) in [5.74, 6) is 0. The van der Waals surface area contributed by atoms with Crippen molar-refractivity contribution in [2.45, 2.75) is 0 Å². The molecular weight excluding hydrogens is 92.1 g/mol. The Kier molecular flexibility index (Phi) is 4.41. The second kappa shape index (κ2) is 5.08. The minimum Gasteiger partial charge on any atom is -0.512 e. The lowest BCUT2D eigenvalue weighted by atomic mass is 10.7. The van der Waals surface area contributed by atoms with Crippen molar-refractivity contribution in [3.63, 3.8) is 0 Å². The molecule has 0 atom stereocenters. The number of hydrogen-bond acceptors (Lipinski definition) is 2. The SMILES string of the molecule is C=CCO/C=C/O. The maximum absolute atomic E-state index is 7.95. The van der Waals surface area contributed by atoms with E-state index in [-0.39, 0.29) is 0 Å². The van der Waals surface area contributed by atoms with Gasteiger partial charge in [-0.05, 0) is 0 Å². The van der Waals surface area contributed by atoms with Crippen molar-refractivity contribution in [1.29, 1.82) is 0 Å². The van der Waals surface area contributed by atoms with Gasteiger partial charge < -0.3 is 9.84 Å². The Labute approximate surface area is 42.7 Å². The largest absolute Gasteiger partial charge is 0.512 e. The van der Waals surface area contributed by atoms with Crippen LogP contribution in [0.15, 0.2) is 25.2 Å². The van der Waals surface area contributed by atoms with Gasteiger partial charge in [-0.2, -0.15) is 0 Å². The summed E-state index contributed by atoms with van der Waals surface area (Å²) >= 11 is 0. The van der Waals surface area contributed by atoms with Gasteiger partial charge in [-0.1, -0.05) is 12.7 Å². The van der Waals surface area contributed by atoms with Gasteiger partial charge in [0.2, 0.25) is 0 Å². The summed E-state index contributed by atoms with van der Waals surface area (Å²) in [6.45, 7) is 3.83. The summed E-state index contributed by atoms with van der Waals surface area (Å²) in [4.78, 5) is 0. The molecule has 0 amide bonds. The number of rotatable bonds is 3. The van der Waals surface area contributed by atoms with Crippen molar-refractivity contribution in [3.8, 4) is 0 Å². The molecule has 0 aliphatic heterocycles. The topological polar surface area (TPSA) is 29.5 Å². The second-order valence-corrected chi connectivity index (χ2v) is 0.907. The molecule has 0 aromatic heterocycles. The molecule has 7 heavy (non-hydrogen) atoms. The van der Waals surface area contributed by atoms with Crippen LogP contribution in [0.3, 0.4) is 0 Å². The zero-order valence-corrected chi connectivity index (χ0v) is 4.00. The highest BCUT2D eigenvalue weighted by atomic mass is 16.5. The normalized spacial score (nSPS) is 9.14. The summed E-state index contributed by atoms with van der Waals surface area (Å²) < 4.78 is 4.58. The molecule has 40 valence electrons. The van der Waals surface area contributed by atoms with E-state index in [1.54, 1.807) is 6.08 Å². The van der Waals surface area contributed by atoms with E-state index in [2.05, 4.69) is 11.3 Å².